The summed E-state index contributed by atoms with van der Waals surface area (Å²) < 4.78 is 29.9. The second-order valence-corrected chi connectivity index (χ2v) is 6.48. The Morgan fingerprint density at radius 2 is 2.06 bits per heavy atom. The van der Waals surface area contributed by atoms with Crippen LogP contribution in [0.3, 0.4) is 0 Å². The van der Waals surface area contributed by atoms with E-state index in [-0.39, 0.29) is 5.75 Å². The average Bonchev–Trinajstić information content (AvgIpc) is 2.61. The van der Waals surface area contributed by atoms with Crippen LogP contribution in [0.5, 0.6) is 0 Å². The highest BCUT2D eigenvalue weighted by atomic mass is 32.2. The van der Waals surface area contributed by atoms with E-state index in [9.17, 15) is 13.2 Å². The van der Waals surface area contributed by atoms with Gasteiger partial charge in [0.05, 0.1) is 12.3 Å². The Morgan fingerprint density at radius 3 is 2.50 bits per heavy atom. The first-order valence-corrected chi connectivity index (χ1v) is 7.03. The van der Waals surface area contributed by atoms with Gasteiger partial charge in [-0.1, -0.05) is 0 Å². The maximum atomic E-state index is 11.6. The van der Waals surface area contributed by atoms with E-state index in [0.717, 1.165) is 0 Å². The standard InChI is InChI=1S/C9H16N2O4S/c1-2-16(13,14)11-5-3-9(4-6-11)7-10-8(12)15-9/h2-7H2,1H3,(H,10,12). The first kappa shape index (κ1) is 11.7. The number of alkyl carbamates (subject to hydrolysis) is 1. The Morgan fingerprint density at radius 1 is 1.44 bits per heavy atom. The molecule has 16 heavy (non-hydrogen) atoms. The molecule has 2 heterocycles. The number of hydrogen-bond acceptors (Lipinski definition) is 4. The first-order valence-electron chi connectivity index (χ1n) is 5.42. The zero-order chi connectivity index (χ0) is 11.8. The maximum Gasteiger partial charge on any atom is 0.407 e. The molecule has 0 aromatic rings. The van der Waals surface area contributed by atoms with Crippen molar-refractivity contribution in [1.82, 2.24) is 9.62 Å². The largest absolute Gasteiger partial charge is 0.441 e. The molecular weight excluding hydrogens is 232 g/mol. The molecule has 0 atom stereocenters. The van der Waals surface area contributed by atoms with E-state index < -0.39 is 21.7 Å². The molecule has 2 aliphatic rings. The van der Waals surface area contributed by atoms with Gasteiger partial charge in [-0.25, -0.2) is 17.5 Å². The summed E-state index contributed by atoms with van der Waals surface area (Å²) in [4.78, 5) is 11.0. The highest BCUT2D eigenvalue weighted by Crippen LogP contribution is 2.30. The number of piperidine rings is 1. The molecule has 0 aromatic carbocycles. The molecule has 0 bridgehead atoms. The third-order valence-electron chi connectivity index (χ3n) is 3.26. The first-order chi connectivity index (χ1) is 7.47. The zero-order valence-electron chi connectivity index (χ0n) is 9.23. The van der Waals surface area contributed by atoms with Crippen molar-refractivity contribution in [2.45, 2.75) is 25.4 Å². The van der Waals surface area contributed by atoms with E-state index in [2.05, 4.69) is 5.32 Å². The van der Waals surface area contributed by atoms with Gasteiger partial charge in [-0.05, 0) is 6.92 Å². The number of sulfonamides is 1. The molecule has 0 radical (unpaired) electrons. The minimum absolute atomic E-state index is 0.123. The van der Waals surface area contributed by atoms with Crippen LogP contribution in [0.15, 0.2) is 0 Å². The number of nitrogens with one attached hydrogen (secondary N) is 1. The van der Waals surface area contributed by atoms with Crippen molar-refractivity contribution < 1.29 is 17.9 Å². The molecule has 0 unspecified atom stereocenters. The summed E-state index contributed by atoms with van der Waals surface area (Å²) in [6.07, 6.45) is 0.752. The van der Waals surface area contributed by atoms with Gasteiger partial charge in [0.2, 0.25) is 10.0 Å². The number of ether oxygens (including phenoxy) is 1. The van der Waals surface area contributed by atoms with Crippen LogP contribution < -0.4 is 5.32 Å². The van der Waals surface area contributed by atoms with E-state index in [4.69, 9.17) is 4.74 Å². The molecule has 0 saturated carbocycles. The van der Waals surface area contributed by atoms with Crippen molar-refractivity contribution in [3.63, 3.8) is 0 Å². The Kier molecular flexibility index (Phi) is 2.83. The van der Waals surface area contributed by atoms with Crippen molar-refractivity contribution in [2.24, 2.45) is 0 Å². The summed E-state index contributed by atoms with van der Waals surface area (Å²) in [5.74, 6) is 0.123. The predicted molar refractivity (Wildman–Crippen MR) is 57.5 cm³/mol. The van der Waals surface area contributed by atoms with Crippen LogP contribution in [-0.2, 0) is 14.8 Å². The lowest BCUT2D eigenvalue weighted by Gasteiger charge is -2.36. The lowest BCUT2D eigenvalue weighted by Crippen LogP contribution is -2.48. The molecule has 0 aromatic heterocycles. The van der Waals surface area contributed by atoms with Gasteiger partial charge in [0.15, 0.2) is 0 Å². The number of hydrogen-bond donors (Lipinski definition) is 1. The van der Waals surface area contributed by atoms with E-state index in [1.807, 2.05) is 0 Å². The van der Waals surface area contributed by atoms with E-state index in [0.29, 0.717) is 32.5 Å². The minimum Gasteiger partial charge on any atom is -0.441 e. The van der Waals surface area contributed by atoms with Crippen molar-refractivity contribution in [3.8, 4) is 0 Å². The van der Waals surface area contributed by atoms with Crippen LogP contribution in [0, 0.1) is 0 Å². The van der Waals surface area contributed by atoms with Crippen LogP contribution in [0.25, 0.3) is 0 Å². The van der Waals surface area contributed by atoms with Gasteiger partial charge >= 0.3 is 6.09 Å². The van der Waals surface area contributed by atoms with Crippen LogP contribution in [-0.4, -0.2) is 49.8 Å². The molecule has 1 amide bonds. The molecule has 2 aliphatic heterocycles. The Labute approximate surface area is 95.0 Å². The van der Waals surface area contributed by atoms with Crippen LogP contribution >= 0.6 is 0 Å². The van der Waals surface area contributed by atoms with Crippen molar-refractivity contribution in [2.75, 3.05) is 25.4 Å². The summed E-state index contributed by atoms with van der Waals surface area (Å²) in [7, 11) is -3.11. The predicted octanol–water partition coefficient (Wildman–Crippen LogP) is -0.0895. The smallest absolute Gasteiger partial charge is 0.407 e. The molecule has 92 valence electrons. The zero-order valence-corrected chi connectivity index (χ0v) is 10.0. The van der Waals surface area contributed by atoms with E-state index in [1.54, 1.807) is 6.92 Å². The normalized spacial score (nSPS) is 25.4. The molecule has 6 nitrogen and oxygen atoms in total. The summed E-state index contributed by atoms with van der Waals surface area (Å²) >= 11 is 0. The second kappa shape index (κ2) is 3.89. The number of carbonyl (C=O) groups is 1. The number of amides is 1. The van der Waals surface area contributed by atoms with Gasteiger partial charge in [-0.2, -0.15) is 0 Å². The highest BCUT2D eigenvalue weighted by Gasteiger charge is 2.44. The van der Waals surface area contributed by atoms with Crippen LogP contribution in [0.1, 0.15) is 19.8 Å². The van der Waals surface area contributed by atoms with Gasteiger partial charge in [0, 0.05) is 25.9 Å². The quantitative estimate of drug-likeness (QED) is 0.741. The molecule has 2 fully saturated rings. The van der Waals surface area contributed by atoms with Gasteiger partial charge in [0.1, 0.15) is 5.60 Å². The fraction of sp³-hybridized carbons (Fsp3) is 0.889. The lowest BCUT2D eigenvalue weighted by atomic mass is 9.93. The van der Waals surface area contributed by atoms with Gasteiger partial charge in [-0.3, -0.25) is 0 Å². The summed E-state index contributed by atoms with van der Waals surface area (Å²) in [5, 5.41) is 2.62. The maximum absolute atomic E-state index is 11.6. The van der Waals surface area contributed by atoms with Gasteiger partial charge in [0.25, 0.3) is 0 Å². The molecular formula is C9H16N2O4S. The molecule has 1 N–H and O–H groups in total. The van der Waals surface area contributed by atoms with E-state index in [1.165, 1.54) is 4.31 Å². The molecule has 0 aliphatic carbocycles. The summed E-state index contributed by atoms with van der Waals surface area (Å²) in [5.41, 5.74) is -0.475. The Bertz CT molecular complexity index is 384. The Hall–Kier alpha value is -0.820. The fourth-order valence-corrected chi connectivity index (χ4v) is 3.24. The van der Waals surface area contributed by atoms with Crippen molar-refractivity contribution >= 4 is 16.1 Å². The third-order valence-corrected chi connectivity index (χ3v) is 5.14. The van der Waals surface area contributed by atoms with E-state index >= 15 is 0 Å². The van der Waals surface area contributed by atoms with Crippen molar-refractivity contribution in [3.05, 3.63) is 0 Å². The third kappa shape index (κ3) is 2.01. The van der Waals surface area contributed by atoms with Gasteiger partial charge in [-0.15, -0.1) is 0 Å². The number of carbonyl (C=O) groups excluding carboxylic acids is 1. The summed E-state index contributed by atoms with van der Waals surface area (Å²) in [6, 6.07) is 0. The van der Waals surface area contributed by atoms with Crippen LogP contribution in [0.4, 0.5) is 4.79 Å². The minimum atomic E-state index is -3.11. The second-order valence-electron chi connectivity index (χ2n) is 4.23. The van der Waals surface area contributed by atoms with Crippen LogP contribution in [0.2, 0.25) is 0 Å². The SMILES string of the molecule is CCS(=O)(=O)N1CCC2(CC1)CNC(=O)O2. The molecule has 1 spiro atoms. The lowest BCUT2D eigenvalue weighted by molar-refractivity contribution is 0.0173. The van der Waals surface area contributed by atoms with Crippen molar-refractivity contribution in [1.29, 1.82) is 0 Å². The highest BCUT2D eigenvalue weighted by molar-refractivity contribution is 7.89. The summed E-state index contributed by atoms with van der Waals surface area (Å²) in [6.45, 7) is 3.00. The topological polar surface area (TPSA) is 75.7 Å². The molecule has 2 rings (SSSR count). The monoisotopic (exact) mass is 248 g/mol. The Balaban J connectivity index is 2.00. The average molecular weight is 248 g/mol. The fourth-order valence-electron chi connectivity index (χ4n) is 2.14. The van der Waals surface area contributed by atoms with Gasteiger partial charge < -0.3 is 10.1 Å². The molecule has 7 heteroatoms. The number of rotatable bonds is 2. The molecule has 2 saturated heterocycles. The number of nitrogens with zero attached hydrogens (tertiary/aromatic N) is 1.